The van der Waals surface area contributed by atoms with Crippen molar-refractivity contribution in [1.29, 1.82) is 0 Å². The molecule has 1 aromatic rings. The van der Waals surface area contributed by atoms with Gasteiger partial charge in [0.05, 0.1) is 11.4 Å². The predicted molar refractivity (Wildman–Crippen MR) is 95.0 cm³/mol. The monoisotopic (exact) mass is 319 g/mol. The van der Waals surface area contributed by atoms with Gasteiger partial charge in [-0.1, -0.05) is 25.0 Å². The standard InChI is InChI=1S/C17H25N3OS/c21-17(20-11-13-22-14-12-20)18-15-7-3-4-8-16(15)19-9-5-1-2-6-10-19/h3-4,7-8H,1-2,5-6,9-14H2,(H,18,21). The number of benzene rings is 1. The fraction of sp³-hybridized carbons (Fsp3) is 0.588. The van der Waals surface area contributed by atoms with Crippen LogP contribution >= 0.6 is 11.8 Å². The Morgan fingerprint density at radius 2 is 1.64 bits per heavy atom. The van der Waals surface area contributed by atoms with Gasteiger partial charge >= 0.3 is 6.03 Å². The van der Waals surface area contributed by atoms with Gasteiger partial charge in [-0.05, 0) is 25.0 Å². The highest BCUT2D eigenvalue weighted by Crippen LogP contribution is 2.28. The number of nitrogens with zero attached hydrogens (tertiary/aromatic N) is 2. The maximum absolute atomic E-state index is 12.5. The normalized spacial score (nSPS) is 19.6. The molecule has 120 valence electrons. The third kappa shape index (κ3) is 3.88. The number of carbonyl (C=O) groups is 1. The van der Waals surface area contributed by atoms with Gasteiger partial charge in [0.25, 0.3) is 0 Å². The number of urea groups is 1. The maximum atomic E-state index is 12.5. The van der Waals surface area contributed by atoms with Crippen LogP contribution in [0.15, 0.2) is 24.3 Å². The first-order valence-corrected chi connectivity index (χ1v) is 9.48. The van der Waals surface area contributed by atoms with Crippen molar-refractivity contribution in [2.75, 3.05) is 47.9 Å². The van der Waals surface area contributed by atoms with Crippen LogP contribution < -0.4 is 10.2 Å². The summed E-state index contributed by atoms with van der Waals surface area (Å²) in [5.74, 6) is 2.09. The second kappa shape index (κ2) is 7.77. The van der Waals surface area contributed by atoms with Crippen molar-refractivity contribution in [1.82, 2.24) is 4.90 Å². The first kappa shape index (κ1) is 15.5. The van der Waals surface area contributed by atoms with Crippen molar-refractivity contribution in [3.63, 3.8) is 0 Å². The molecule has 0 unspecified atom stereocenters. The van der Waals surface area contributed by atoms with Crippen molar-refractivity contribution in [2.45, 2.75) is 25.7 Å². The lowest BCUT2D eigenvalue weighted by Crippen LogP contribution is -2.41. The van der Waals surface area contributed by atoms with Gasteiger partial charge in [0.15, 0.2) is 0 Å². The second-order valence-electron chi connectivity index (χ2n) is 5.95. The fourth-order valence-corrected chi connectivity index (χ4v) is 4.03. The average molecular weight is 319 g/mol. The van der Waals surface area contributed by atoms with Gasteiger partial charge in [0.2, 0.25) is 0 Å². The molecule has 22 heavy (non-hydrogen) atoms. The minimum atomic E-state index is 0.0440. The molecule has 3 rings (SSSR count). The highest BCUT2D eigenvalue weighted by atomic mass is 32.2. The van der Waals surface area contributed by atoms with Gasteiger partial charge in [0.1, 0.15) is 0 Å². The molecule has 0 saturated carbocycles. The lowest BCUT2D eigenvalue weighted by Gasteiger charge is -2.29. The van der Waals surface area contributed by atoms with Gasteiger partial charge in [-0.2, -0.15) is 11.8 Å². The van der Waals surface area contributed by atoms with E-state index in [0.717, 1.165) is 43.4 Å². The quantitative estimate of drug-likeness (QED) is 0.904. The van der Waals surface area contributed by atoms with Crippen LogP contribution in [0, 0.1) is 0 Å². The molecule has 2 heterocycles. The highest BCUT2D eigenvalue weighted by Gasteiger charge is 2.19. The first-order chi connectivity index (χ1) is 10.8. The Labute approximate surface area is 137 Å². The van der Waals surface area contributed by atoms with Crippen LogP contribution in [-0.2, 0) is 0 Å². The summed E-state index contributed by atoms with van der Waals surface area (Å²) in [7, 11) is 0. The van der Waals surface area contributed by atoms with Gasteiger partial charge < -0.3 is 15.1 Å². The van der Waals surface area contributed by atoms with Crippen LogP contribution in [0.5, 0.6) is 0 Å². The van der Waals surface area contributed by atoms with Gasteiger partial charge in [-0.15, -0.1) is 0 Å². The molecule has 5 heteroatoms. The Bertz CT molecular complexity index is 494. The van der Waals surface area contributed by atoms with Crippen LogP contribution in [0.3, 0.4) is 0 Å². The average Bonchev–Trinajstić information content (AvgIpc) is 2.85. The third-order valence-corrected chi connectivity index (χ3v) is 5.33. The minimum Gasteiger partial charge on any atom is -0.370 e. The van der Waals surface area contributed by atoms with Gasteiger partial charge in [-0.25, -0.2) is 4.79 Å². The van der Waals surface area contributed by atoms with E-state index in [1.54, 1.807) is 0 Å². The number of amides is 2. The van der Waals surface area contributed by atoms with E-state index in [4.69, 9.17) is 0 Å². The van der Waals surface area contributed by atoms with E-state index in [9.17, 15) is 4.79 Å². The second-order valence-corrected chi connectivity index (χ2v) is 7.17. The predicted octanol–water partition coefficient (Wildman–Crippen LogP) is 3.65. The number of rotatable bonds is 2. The summed E-state index contributed by atoms with van der Waals surface area (Å²) in [4.78, 5) is 16.8. The summed E-state index contributed by atoms with van der Waals surface area (Å²) in [6, 6.07) is 8.27. The van der Waals surface area contributed by atoms with E-state index in [-0.39, 0.29) is 6.03 Å². The number of hydrogen-bond donors (Lipinski definition) is 1. The molecule has 0 aromatic heterocycles. The van der Waals surface area contributed by atoms with Gasteiger partial charge in [-0.3, -0.25) is 0 Å². The molecule has 0 spiro atoms. The van der Waals surface area contributed by atoms with Crippen LogP contribution in [-0.4, -0.2) is 48.6 Å². The van der Waals surface area contributed by atoms with Crippen molar-refractivity contribution in [3.8, 4) is 0 Å². The summed E-state index contributed by atoms with van der Waals surface area (Å²) in [6.45, 7) is 3.88. The smallest absolute Gasteiger partial charge is 0.321 e. The number of carbonyl (C=O) groups excluding carboxylic acids is 1. The Morgan fingerprint density at radius 1 is 0.955 bits per heavy atom. The topological polar surface area (TPSA) is 35.6 Å². The van der Waals surface area contributed by atoms with Crippen LogP contribution in [0.1, 0.15) is 25.7 Å². The lowest BCUT2D eigenvalue weighted by atomic mass is 10.2. The van der Waals surface area contributed by atoms with E-state index in [2.05, 4.69) is 22.3 Å². The molecule has 2 aliphatic rings. The summed E-state index contributed by atoms with van der Waals surface area (Å²) in [5.41, 5.74) is 2.12. The molecular formula is C17H25N3OS. The summed E-state index contributed by atoms with van der Waals surface area (Å²) in [5, 5.41) is 3.13. The number of anilines is 2. The van der Waals surface area contributed by atoms with E-state index in [1.807, 2.05) is 28.8 Å². The van der Waals surface area contributed by atoms with Gasteiger partial charge in [0, 0.05) is 37.7 Å². The molecule has 0 radical (unpaired) electrons. The van der Waals surface area contributed by atoms with E-state index in [1.165, 1.54) is 31.4 Å². The largest absolute Gasteiger partial charge is 0.370 e. The van der Waals surface area contributed by atoms with E-state index >= 15 is 0 Å². The van der Waals surface area contributed by atoms with Crippen LogP contribution in [0.25, 0.3) is 0 Å². The molecule has 1 N–H and O–H groups in total. The van der Waals surface area contributed by atoms with E-state index in [0.29, 0.717) is 0 Å². The first-order valence-electron chi connectivity index (χ1n) is 8.32. The van der Waals surface area contributed by atoms with E-state index < -0.39 is 0 Å². The number of nitrogens with one attached hydrogen (secondary N) is 1. The van der Waals surface area contributed by atoms with Crippen LogP contribution in [0.2, 0.25) is 0 Å². The van der Waals surface area contributed by atoms with Crippen molar-refractivity contribution in [3.05, 3.63) is 24.3 Å². The lowest BCUT2D eigenvalue weighted by molar-refractivity contribution is 0.217. The zero-order chi connectivity index (χ0) is 15.2. The zero-order valence-electron chi connectivity index (χ0n) is 13.1. The summed E-state index contributed by atoms with van der Waals surface area (Å²) in [6.07, 6.45) is 5.12. The third-order valence-electron chi connectivity index (χ3n) is 4.39. The Morgan fingerprint density at radius 3 is 2.36 bits per heavy atom. The van der Waals surface area contributed by atoms with Crippen molar-refractivity contribution < 1.29 is 4.79 Å². The maximum Gasteiger partial charge on any atom is 0.321 e. The molecule has 2 amide bonds. The molecule has 2 fully saturated rings. The SMILES string of the molecule is O=C(Nc1ccccc1N1CCCCCC1)N1CCSCC1. The minimum absolute atomic E-state index is 0.0440. The highest BCUT2D eigenvalue weighted by molar-refractivity contribution is 7.99. The zero-order valence-corrected chi connectivity index (χ0v) is 13.9. The molecule has 2 aliphatic heterocycles. The Balaban J connectivity index is 1.71. The van der Waals surface area contributed by atoms with Crippen LogP contribution in [0.4, 0.5) is 16.2 Å². The Kier molecular flexibility index (Phi) is 5.48. The number of thioether (sulfide) groups is 1. The molecule has 1 aromatic carbocycles. The molecule has 0 aliphatic carbocycles. The molecule has 4 nitrogen and oxygen atoms in total. The summed E-state index contributed by atoms with van der Waals surface area (Å²) < 4.78 is 0. The number of para-hydroxylation sites is 2. The molecule has 0 atom stereocenters. The molecule has 2 saturated heterocycles. The Hall–Kier alpha value is -1.36. The van der Waals surface area contributed by atoms with Crippen molar-refractivity contribution >= 4 is 29.2 Å². The fourth-order valence-electron chi connectivity index (χ4n) is 3.13. The van der Waals surface area contributed by atoms with Crippen molar-refractivity contribution in [2.24, 2.45) is 0 Å². The molecule has 0 bridgehead atoms. The summed E-state index contributed by atoms with van der Waals surface area (Å²) >= 11 is 1.92. The molecular weight excluding hydrogens is 294 g/mol. The number of hydrogen-bond acceptors (Lipinski definition) is 3.